The second kappa shape index (κ2) is 6.80. The highest BCUT2D eigenvalue weighted by Crippen LogP contribution is 2.28. The van der Waals surface area contributed by atoms with Crippen molar-refractivity contribution in [2.45, 2.75) is 27.2 Å². The van der Waals surface area contributed by atoms with E-state index in [9.17, 15) is 0 Å². The summed E-state index contributed by atoms with van der Waals surface area (Å²) in [5.41, 5.74) is 0.587. The van der Waals surface area contributed by atoms with Gasteiger partial charge in [-0.3, -0.25) is 0 Å². The summed E-state index contributed by atoms with van der Waals surface area (Å²) in [6, 6.07) is 7.35. The van der Waals surface area contributed by atoms with Gasteiger partial charge in [-0.2, -0.15) is 5.26 Å². The van der Waals surface area contributed by atoms with Gasteiger partial charge in [0.2, 0.25) is 0 Å². The maximum Gasteiger partial charge on any atom is 0.162 e. The highest BCUT2D eigenvalue weighted by molar-refractivity contribution is 5.46. The van der Waals surface area contributed by atoms with Crippen LogP contribution in [0.15, 0.2) is 18.2 Å². The molecule has 0 fully saturated rings. The van der Waals surface area contributed by atoms with E-state index < -0.39 is 0 Å². The van der Waals surface area contributed by atoms with Crippen molar-refractivity contribution in [3.63, 3.8) is 0 Å². The van der Waals surface area contributed by atoms with E-state index in [0.29, 0.717) is 36.2 Å². The first-order chi connectivity index (χ1) is 8.21. The van der Waals surface area contributed by atoms with E-state index >= 15 is 0 Å². The zero-order valence-electron chi connectivity index (χ0n) is 10.7. The molecule has 1 aromatic carbocycles. The Morgan fingerprint density at radius 2 is 2.00 bits per heavy atom. The van der Waals surface area contributed by atoms with Crippen LogP contribution in [0.25, 0.3) is 0 Å². The van der Waals surface area contributed by atoms with Crippen molar-refractivity contribution in [2.24, 2.45) is 5.92 Å². The Balaban J connectivity index is 2.79. The molecule has 1 rings (SSSR count). The topological polar surface area (TPSA) is 42.2 Å². The van der Waals surface area contributed by atoms with Crippen molar-refractivity contribution in [3.05, 3.63) is 23.8 Å². The fourth-order valence-electron chi connectivity index (χ4n) is 1.32. The lowest BCUT2D eigenvalue weighted by Gasteiger charge is -2.14. The van der Waals surface area contributed by atoms with E-state index in [1.54, 1.807) is 18.2 Å². The SMILES string of the molecule is CCOc1cc(C#N)ccc1OCC(C)CC. The highest BCUT2D eigenvalue weighted by atomic mass is 16.5. The first kappa shape index (κ1) is 13.4. The Kier molecular flexibility index (Phi) is 5.35. The Morgan fingerprint density at radius 1 is 1.24 bits per heavy atom. The van der Waals surface area contributed by atoms with Gasteiger partial charge in [0, 0.05) is 6.07 Å². The summed E-state index contributed by atoms with van der Waals surface area (Å²) in [5.74, 6) is 1.88. The van der Waals surface area contributed by atoms with Crippen molar-refractivity contribution < 1.29 is 9.47 Å². The van der Waals surface area contributed by atoms with E-state index in [-0.39, 0.29) is 0 Å². The first-order valence-corrected chi connectivity index (χ1v) is 6.01. The van der Waals surface area contributed by atoms with Crippen LogP contribution in [0.3, 0.4) is 0 Å². The van der Waals surface area contributed by atoms with Crippen molar-refractivity contribution in [3.8, 4) is 17.6 Å². The van der Waals surface area contributed by atoms with Crippen LogP contribution < -0.4 is 9.47 Å². The van der Waals surface area contributed by atoms with Gasteiger partial charge < -0.3 is 9.47 Å². The third-order valence-corrected chi connectivity index (χ3v) is 2.59. The summed E-state index contributed by atoms with van der Waals surface area (Å²) in [7, 11) is 0. The second-order valence-corrected chi connectivity index (χ2v) is 4.03. The van der Waals surface area contributed by atoms with Crippen LogP contribution in [0.4, 0.5) is 0 Å². The predicted molar refractivity (Wildman–Crippen MR) is 67.3 cm³/mol. The second-order valence-electron chi connectivity index (χ2n) is 4.03. The van der Waals surface area contributed by atoms with Crippen molar-refractivity contribution in [2.75, 3.05) is 13.2 Å². The summed E-state index contributed by atoms with van der Waals surface area (Å²) in [6.45, 7) is 7.43. The van der Waals surface area contributed by atoms with Crippen molar-refractivity contribution in [1.82, 2.24) is 0 Å². The lowest BCUT2D eigenvalue weighted by atomic mass is 10.1. The third kappa shape index (κ3) is 3.99. The molecule has 0 aliphatic heterocycles. The third-order valence-electron chi connectivity index (χ3n) is 2.59. The Hall–Kier alpha value is -1.69. The molecule has 3 nitrogen and oxygen atoms in total. The maximum absolute atomic E-state index is 8.83. The molecule has 0 aliphatic carbocycles. The van der Waals surface area contributed by atoms with E-state index in [0.717, 1.165) is 6.42 Å². The molecule has 0 heterocycles. The minimum atomic E-state index is 0.514. The Morgan fingerprint density at radius 3 is 2.59 bits per heavy atom. The summed E-state index contributed by atoms with van der Waals surface area (Å²) < 4.78 is 11.2. The lowest BCUT2D eigenvalue weighted by molar-refractivity contribution is 0.237. The molecule has 0 N–H and O–H groups in total. The van der Waals surface area contributed by atoms with Crippen molar-refractivity contribution in [1.29, 1.82) is 5.26 Å². The number of benzene rings is 1. The molecule has 92 valence electrons. The molecule has 0 aliphatic rings. The van der Waals surface area contributed by atoms with Crippen LogP contribution in [0.1, 0.15) is 32.8 Å². The molecule has 0 aromatic heterocycles. The van der Waals surface area contributed by atoms with E-state index in [2.05, 4.69) is 19.9 Å². The van der Waals surface area contributed by atoms with Crippen LogP contribution in [0, 0.1) is 17.2 Å². The molecular weight excluding hydrogens is 214 g/mol. The van der Waals surface area contributed by atoms with E-state index in [1.807, 2.05) is 6.92 Å². The normalized spacial score (nSPS) is 11.6. The standard InChI is InChI=1S/C14H19NO2/c1-4-11(3)10-17-13-7-6-12(9-15)8-14(13)16-5-2/h6-8,11H,4-5,10H2,1-3H3. The van der Waals surface area contributed by atoms with E-state index in [4.69, 9.17) is 14.7 Å². The van der Waals surface area contributed by atoms with Gasteiger partial charge in [-0.25, -0.2) is 0 Å². The minimum Gasteiger partial charge on any atom is -0.490 e. The number of rotatable bonds is 6. The fraction of sp³-hybridized carbons (Fsp3) is 0.500. The molecule has 1 aromatic rings. The smallest absolute Gasteiger partial charge is 0.162 e. The van der Waals surface area contributed by atoms with Gasteiger partial charge in [-0.05, 0) is 25.0 Å². The molecule has 1 atom stereocenters. The van der Waals surface area contributed by atoms with Gasteiger partial charge >= 0.3 is 0 Å². The van der Waals surface area contributed by atoms with Crippen LogP contribution in [-0.4, -0.2) is 13.2 Å². The van der Waals surface area contributed by atoms with Gasteiger partial charge in [-0.1, -0.05) is 20.3 Å². The van der Waals surface area contributed by atoms with Crippen LogP contribution in [0.2, 0.25) is 0 Å². The quantitative estimate of drug-likeness (QED) is 0.756. The van der Waals surface area contributed by atoms with Gasteiger partial charge in [0.15, 0.2) is 11.5 Å². The molecule has 1 unspecified atom stereocenters. The number of ether oxygens (including phenoxy) is 2. The number of hydrogen-bond donors (Lipinski definition) is 0. The minimum absolute atomic E-state index is 0.514. The molecule has 0 spiro atoms. The van der Waals surface area contributed by atoms with Gasteiger partial charge in [-0.15, -0.1) is 0 Å². The molecule has 3 heteroatoms. The largest absolute Gasteiger partial charge is 0.490 e. The van der Waals surface area contributed by atoms with Crippen LogP contribution in [-0.2, 0) is 0 Å². The summed E-state index contributed by atoms with van der Waals surface area (Å²) in [6.07, 6.45) is 1.08. The number of nitrogens with zero attached hydrogens (tertiary/aromatic N) is 1. The van der Waals surface area contributed by atoms with Crippen molar-refractivity contribution >= 4 is 0 Å². The molecular formula is C14H19NO2. The molecule has 0 saturated carbocycles. The summed E-state index contributed by atoms with van der Waals surface area (Å²) in [5, 5.41) is 8.83. The molecule has 0 saturated heterocycles. The summed E-state index contributed by atoms with van der Waals surface area (Å²) >= 11 is 0. The Labute approximate surface area is 103 Å². The average Bonchev–Trinajstić information content (AvgIpc) is 2.37. The predicted octanol–water partition coefficient (Wildman–Crippen LogP) is 3.38. The zero-order chi connectivity index (χ0) is 12.7. The lowest BCUT2D eigenvalue weighted by Crippen LogP contribution is -2.08. The fourth-order valence-corrected chi connectivity index (χ4v) is 1.32. The molecule has 0 bridgehead atoms. The van der Waals surface area contributed by atoms with Gasteiger partial charge in [0.25, 0.3) is 0 Å². The molecule has 17 heavy (non-hydrogen) atoms. The number of hydrogen-bond acceptors (Lipinski definition) is 3. The molecule has 0 amide bonds. The monoisotopic (exact) mass is 233 g/mol. The Bertz CT molecular complexity index is 396. The average molecular weight is 233 g/mol. The van der Waals surface area contributed by atoms with Crippen LogP contribution >= 0.6 is 0 Å². The molecule has 0 radical (unpaired) electrons. The zero-order valence-corrected chi connectivity index (χ0v) is 10.7. The van der Waals surface area contributed by atoms with Gasteiger partial charge in [0.05, 0.1) is 24.8 Å². The van der Waals surface area contributed by atoms with Gasteiger partial charge in [0.1, 0.15) is 0 Å². The van der Waals surface area contributed by atoms with E-state index in [1.165, 1.54) is 0 Å². The highest BCUT2D eigenvalue weighted by Gasteiger charge is 2.08. The summed E-state index contributed by atoms with van der Waals surface area (Å²) in [4.78, 5) is 0. The first-order valence-electron chi connectivity index (χ1n) is 6.01. The van der Waals surface area contributed by atoms with Crippen LogP contribution in [0.5, 0.6) is 11.5 Å². The number of nitriles is 1. The maximum atomic E-state index is 8.83.